The van der Waals surface area contributed by atoms with Crippen LogP contribution in [-0.4, -0.2) is 64.6 Å². The summed E-state index contributed by atoms with van der Waals surface area (Å²) in [5.74, 6) is 0.283. The number of nitrogens with one attached hydrogen (secondary N) is 1. The summed E-state index contributed by atoms with van der Waals surface area (Å²) in [5.41, 5.74) is 0.957. The van der Waals surface area contributed by atoms with Crippen LogP contribution >= 0.6 is 0 Å². The molecule has 1 aliphatic rings. The number of carbonyl (C=O) groups is 2. The Morgan fingerprint density at radius 3 is 2.31 bits per heavy atom. The van der Waals surface area contributed by atoms with Gasteiger partial charge < -0.3 is 14.5 Å². The van der Waals surface area contributed by atoms with Crippen LogP contribution in [0.3, 0.4) is 0 Å². The molecule has 2 aromatic rings. The number of H-pyrrole nitrogens is 1. The van der Waals surface area contributed by atoms with E-state index >= 15 is 0 Å². The van der Waals surface area contributed by atoms with E-state index in [-0.39, 0.29) is 29.7 Å². The van der Waals surface area contributed by atoms with Crippen molar-refractivity contribution in [1.29, 1.82) is 0 Å². The largest absolute Gasteiger partial charge is 0.484 e. The topological polar surface area (TPSA) is 95.6 Å². The summed E-state index contributed by atoms with van der Waals surface area (Å²) in [7, 11) is 0. The minimum absolute atomic E-state index is 0.0293. The van der Waals surface area contributed by atoms with Gasteiger partial charge in [0.1, 0.15) is 11.4 Å². The molecule has 3 rings (SSSR count). The molecule has 1 aromatic carbocycles. The van der Waals surface area contributed by atoms with Gasteiger partial charge in [0, 0.05) is 32.2 Å². The van der Waals surface area contributed by atoms with Crippen LogP contribution in [0.4, 0.5) is 0 Å². The summed E-state index contributed by atoms with van der Waals surface area (Å²) >= 11 is 0. The Balaban J connectivity index is 1.48. The molecule has 0 spiro atoms. The first-order chi connectivity index (χ1) is 12.5. The molecular formula is C18H20N4O4. The molecule has 0 aliphatic carbocycles. The summed E-state index contributed by atoms with van der Waals surface area (Å²) in [6.07, 6.45) is 0. The molecule has 8 heteroatoms. The third kappa shape index (κ3) is 4.27. The molecule has 0 unspecified atom stereocenters. The number of aromatic amines is 1. The van der Waals surface area contributed by atoms with Gasteiger partial charge in [0.25, 0.3) is 17.4 Å². The van der Waals surface area contributed by atoms with Crippen LogP contribution in [0.2, 0.25) is 0 Å². The lowest BCUT2D eigenvalue weighted by molar-refractivity contribution is -0.134. The fourth-order valence-electron chi connectivity index (χ4n) is 2.66. The lowest BCUT2D eigenvalue weighted by Crippen LogP contribution is -2.51. The highest BCUT2D eigenvalue weighted by atomic mass is 16.5. The number of benzene rings is 1. The highest BCUT2D eigenvalue weighted by Gasteiger charge is 2.25. The minimum atomic E-state index is -0.356. The SMILES string of the molecule is Cc1ccc(OCC(=O)N2CCN(C(=O)c3ccc(=O)[nH]n3)CC2)cc1. The molecule has 1 aromatic heterocycles. The van der Waals surface area contributed by atoms with Gasteiger partial charge in [-0.1, -0.05) is 17.7 Å². The lowest BCUT2D eigenvalue weighted by Gasteiger charge is -2.34. The molecule has 0 radical (unpaired) electrons. The standard InChI is InChI=1S/C18H20N4O4/c1-13-2-4-14(5-3-13)26-12-17(24)21-8-10-22(11-9-21)18(25)15-6-7-16(23)20-19-15/h2-7H,8-12H2,1H3,(H,20,23). The van der Waals surface area contributed by atoms with Gasteiger partial charge in [-0.2, -0.15) is 5.10 Å². The van der Waals surface area contributed by atoms with Crippen molar-refractivity contribution >= 4 is 11.8 Å². The minimum Gasteiger partial charge on any atom is -0.484 e. The maximum Gasteiger partial charge on any atom is 0.274 e. The highest BCUT2D eigenvalue weighted by Crippen LogP contribution is 2.12. The summed E-state index contributed by atoms with van der Waals surface area (Å²) in [4.78, 5) is 38.9. The molecule has 1 N–H and O–H groups in total. The number of aromatic nitrogens is 2. The molecule has 0 atom stereocenters. The Morgan fingerprint density at radius 2 is 1.69 bits per heavy atom. The number of aryl methyl sites for hydroxylation is 1. The summed E-state index contributed by atoms with van der Waals surface area (Å²) < 4.78 is 5.52. The van der Waals surface area contributed by atoms with E-state index in [1.54, 1.807) is 9.80 Å². The smallest absolute Gasteiger partial charge is 0.274 e. The van der Waals surface area contributed by atoms with E-state index in [0.29, 0.717) is 31.9 Å². The van der Waals surface area contributed by atoms with Gasteiger partial charge in [0.2, 0.25) is 0 Å². The summed E-state index contributed by atoms with van der Waals surface area (Å²) in [6.45, 7) is 3.65. The van der Waals surface area contributed by atoms with E-state index in [1.807, 2.05) is 31.2 Å². The van der Waals surface area contributed by atoms with Gasteiger partial charge in [-0.15, -0.1) is 0 Å². The Hall–Kier alpha value is -3.16. The molecule has 1 fully saturated rings. The number of hydrogen-bond acceptors (Lipinski definition) is 5. The molecular weight excluding hydrogens is 336 g/mol. The Bertz CT molecular complexity index is 819. The second kappa shape index (κ2) is 7.81. The normalized spacial score (nSPS) is 14.2. The van der Waals surface area contributed by atoms with Crippen LogP contribution in [-0.2, 0) is 4.79 Å². The molecule has 0 bridgehead atoms. The molecule has 8 nitrogen and oxygen atoms in total. The van der Waals surface area contributed by atoms with Crippen molar-refractivity contribution in [2.45, 2.75) is 6.92 Å². The third-order valence-corrected chi connectivity index (χ3v) is 4.20. The molecule has 136 valence electrons. The molecule has 2 amide bonds. The van der Waals surface area contributed by atoms with Crippen molar-refractivity contribution in [2.75, 3.05) is 32.8 Å². The van der Waals surface area contributed by atoms with Crippen molar-refractivity contribution in [3.63, 3.8) is 0 Å². The number of ether oxygens (including phenoxy) is 1. The molecule has 1 saturated heterocycles. The van der Waals surface area contributed by atoms with E-state index in [4.69, 9.17) is 4.74 Å². The van der Waals surface area contributed by atoms with Gasteiger partial charge >= 0.3 is 0 Å². The van der Waals surface area contributed by atoms with Crippen LogP contribution in [0.1, 0.15) is 16.1 Å². The van der Waals surface area contributed by atoms with Gasteiger partial charge in [-0.3, -0.25) is 14.4 Å². The number of hydrogen-bond donors (Lipinski definition) is 1. The van der Waals surface area contributed by atoms with E-state index in [9.17, 15) is 14.4 Å². The fraction of sp³-hybridized carbons (Fsp3) is 0.333. The zero-order chi connectivity index (χ0) is 18.5. The van der Waals surface area contributed by atoms with E-state index in [2.05, 4.69) is 10.2 Å². The van der Waals surface area contributed by atoms with Crippen molar-refractivity contribution in [2.24, 2.45) is 0 Å². The predicted molar refractivity (Wildman–Crippen MR) is 94.0 cm³/mol. The molecule has 0 saturated carbocycles. The van der Waals surface area contributed by atoms with Crippen molar-refractivity contribution in [3.8, 4) is 5.75 Å². The van der Waals surface area contributed by atoms with Gasteiger partial charge in [-0.25, -0.2) is 5.10 Å². The summed E-state index contributed by atoms with van der Waals surface area (Å²) in [5, 5.41) is 6.00. The van der Waals surface area contributed by atoms with Crippen LogP contribution in [0, 0.1) is 6.92 Å². The average Bonchev–Trinajstić information content (AvgIpc) is 2.67. The zero-order valence-electron chi connectivity index (χ0n) is 14.5. The van der Waals surface area contributed by atoms with Crippen molar-refractivity contribution in [1.82, 2.24) is 20.0 Å². The van der Waals surface area contributed by atoms with Crippen LogP contribution < -0.4 is 10.3 Å². The highest BCUT2D eigenvalue weighted by molar-refractivity contribution is 5.92. The first-order valence-corrected chi connectivity index (χ1v) is 8.35. The van der Waals surface area contributed by atoms with Crippen molar-refractivity contribution in [3.05, 3.63) is 58.0 Å². The zero-order valence-corrected chi connectivity index (χ0v) is 14.5. The monoisotopic (exact) mass is 356 g/mol. The average molecular weight is 356 g/mol. The van der Waals surface area contributed by atoms with Gasteiger partial charge in [0.15, 0.2) is 6.61 Å². The number of nitrogens with zero attached hydrogens (tertiary/aromatic N) is 3. The number of piperazine rings is 1. The number of carbonyl (C=O) groups excluding carboxylic acids is 2. The van der Waals surface area contributed by atoms with E-state index in [1.165, 1.54) is 12.1 Å². The van der Waals surface area contributed by atoms with Crippen LogP contribution in [0.25, 0.3) is 0 Å². The second-order valence-electron chi connectivity index (χ2n) is 6.08. The Morgan fingerprint density at radius 1 is 1.04 bits per heavy atom. The second-order valence-corrected chi connectivity index (χ2v) is 6.08. The van der Waals surface area contributed by atoms with Crippen LogP contribution in [0.15, 0.2) is 41.2 Å². The first kappa shape index (κ1) is 17.7. The van der Waals surface area contributed by atoms with E-state index in [0.717, 1.165) is 5.56 Å². The third-order valence-electron chi connectivity index (χ3n) is 4.20. The molecule has 26 heavy (non-hydrogen) atoms. The molecule has 1 aliphatic heterocycles. The number of rotatable bonds is 4. The predicted octanol–water partition coefficient (Wildman–Crippen LogP) is 0.442. The van der Waals surface area contributed by atoms with Gasteiger partial charge in [-0.05, 0) is 25.1 Å². The van der Waals surface area contributed by atoms with Crippen LogP contribution in [0.5, 0.6) is 5.75 Å². The fourth-order valence-corrected chi connectivity index (χ4v) is 2.66. The quantitative estimate of drug-likeness (QED) is 0.858. The van der Waals surface area contributed by atoms with Crippen molar-refractivity contribution < 1.29 is 14.3 Å². The van der Waals surface area contributed by atoms with E-state index < -0.39 is 0 Å². The first-order valence-electron chi connectivity index (χ1n) is 8.35. The Kier molecular flexibility index (Phi) is 5.31. The lowest BCUT2D eigenvalue weighted by atomic mass is 10.2. The summed E-state index contributed by atoms with van der Waals surface area (Å²) in [6, 6.07) is 10.2. The maximum absolute atomic E-state index is 12.3. The maximum atomic E-state index is 12.3. The number of amides is 2. The van der Waals surface area contributed by atoms with Gasteiger partial charge in [0.05, 0.1) is 0 Å². The Labute approximate surface area is 150 Å². The molecule has 2 heterocycles.